The fraction of sp³-hybridized carbons (Fsp3) is 0.267. The number of ether oxygens (including phenoxy) is 3. The Morgan fingerprint density at radius 2 is 1.63 bits per heavy atom. The second-order valence-electron chi connectivity index (χ2n) is 9.30. The van der Waals surface area contributed by atoms with Crippen LogP contribution in [-0.2, 0) is 28.6 Å². The molecule has 0 spiro atoms. The van der Waals surface area contributed by atoms with Gasteiger partial charge in [-0.3, -0.25) is 0 Å². The maximum atomic E-state index is 12.4. The number of alkyl halides is 3. The van der Waals surface area contributed by atoms with Gasteiger partial charge in [0.1, 0.15) is 17.2 Å². The van der Waals surface area contributed by atoms with Gasteiger partial charge in [0.05, 0.1) is 20.4 Å². The van der Waals surface area contributed by atoms with E-state index in [1.165, 1.54) is 18.3 Å². The number of likely N-dealkylation sites (N-methyl/N-ethyl adjacent to an activating group) is 1. The Bertz CT molecular complexity index is 1440. The molecule has 1 N–H and O–H groups in total. The molecule has 1 heterocycles. The number of anilines is 1. The fourth-order valence-corrected chi connectivity index (χ4v) is 4.93. The third-order valence-electron chi connectivity index (χ3n) is 6.75. The summed E-state index contributed by atoms with van der Waals surface area (Å²) in [5.41, 5.74) is 3.96. The third-order valence-corrected chi connectivity index (χ3v) is 6.75. The van der Waals surface area contributed by atoms with E-state index in [-0.39, 0.29) is 22.3 Å². The van der Waals surface area contributed by atoms with E-state index in [2.05, 4.69) is 39.8 Å². The Morgan fingerprint density at radius 1 is 0.976 bits per heavy atom. The molecule has 1 unspecified atom stereocenters. The summed E-state index contributed by atoms with van der Waals surface area (Å²) in [4.78, 5) is 2.20. The van der Waals surface area contributed by atoms with E-state index in [0.29, 0.717) is 13.0 Å². The number of methoxy groups -OCH3 is 2. The molecule has 1 atom stereocenters. The van der Waals surface area contributed by atoms with E-state index in [1.807, 2.05) is 42.5 Å². The van der Waals surface area contributed by atoms with Crippen molar-refractivity contribution in [1.29, 1.82) is 0 Å². The smallest absolute Gasteiger partial charge is 0.497 e. The Balaban J connectivity index is 0.00000462. The Hall–Kier alpha value is -3.96. The molecule has 7 nitrogen and oxygen atoms in total. The van der Waals surface area contributed by atoms with Gasteiger partial charge in [-0.1, -0.05) is 12.1 Å². The average molecular weight is 613 g/mol. The predicted octanol–water partition coefficient (Wildman–Crippen LogP) is 6.81. The number of nitrogens with zero attached hydrogens (tertiary/aromatic N) is 3. The molecule has 219 valence electrons. The SMILES string of the molecule is CCN1\C(=C/C=N/N=C(\O)c2ccc(OC(F)(F)F)cc2)C(C)(Cc2cccc(OC)c2)c2cc(OC)ccc21.[Co]. The normalized spacial score (nSPS) is 17.9. The van der Waals surface area contributed by atoms with Crippen molar-refractivity contribution in [3.8, 4) is 17.2 Å². The summed E-state index contributed by atoms with van der Waals surface area (Å²) in [6.45, 7) is 4.92. The molecule has 0 aliphatic carbocycles. The first kappa shape index (κ1) is 31.6. The number of aliphatic hydroxyl groups excluding tert-OH is 1. The number of hydrogen-bond donors (Lipinski definition) is 1. The molecule has 0 aromatic heterocycles. The zero-order valence-electron chi connectivity index (χ0n) is 22.9. The van der Waals surface area contributed by atoms with Gasteiger partial charge in [0.15, 0.2) is 0 Å². The van der Waals surface area contributed by atoms with E-state index in [1.54, 1.807) is 14.2 Å². The van der Waals surface area contributed by atoms with Crippen LogP contribution in [0.5, 0.6) is 17.2 Å². The van der Waals surface area contributed by atoms with Gasteiger partial charge in [-0.05, 0) is 92.1 Å². The second-order valence-corrected chi connectivity index (χ2v) is 9.30. The molecule has 3 aromatic carbocycles. The number of hydrogen-bond acceptors (Lipinski definition) is 6. The van der Waals surface area contributed by atoms with Crippen molar-refractivity contribution >= 4 is 17.8 Å². The summed E-state index contributed by atoms with van der Waals surface area (Å²) in [6.07, 6.45) is -0.787. The van der Waals surface area contributed by atoms with Crippen LogP contribution in [0.4, 0.5) is 18.9 Å². The fourth-order valence-electron chi connectivity index (χ4n) is 4.93. The van der Waals surface area contributed by atoms with Gasteiger partial charge < -0.3 is 24.2 Å². The molecule has 0 saturated carbocycles. The largest absolute Gasteiger partial charge is 0.573 e. The van der Waals surface area contributed by atoms with Gasteiger partial charge in [0.2, 0.25) is 5.90 Å². The topological polar surface area (TPSA) is 75.9 Å². The van der Waals surface area contributed by atoms with E-state index in [0.717, 1.165) is 46.1 Å². The molecule has 3 aromatic rings. The van der Waals surface area contributed by atoms with Crippen molar-refractivity contribution in [1.82, 2.24) is 0 Å². The maximum Gasteiger partial charge on any atom is 0.573 e. The Morgan fingerprint density at radius 3 is 2.27 bits per heavy atom. The van der Waals surface area contributed by atoms with E-state index < -0.39 is 23.4 Å². The summed E-state index contributed by atoms with van der Waals surface area (Å²) in [7, 11) is 3.27. The van der Waals surface area contributed by atoms with Crippen molar-refractivity contribution < 1.29 is 49.3 Å². The zero-order chi connectivity index (χ0) is 28.9. The first-order valence-corrected chi connectivity index (χ1v) is 12.5. The summed E-state index contributed by atoms with van der Waals surface area (Å²) in [6, 6.07) is 18.7. The van der Waals surface area contributed by atoms with Crippen LogP contribution in [0.3, 0.4) is 0 Å². The van der Waals surface area contributed by atoms with Gasteiger partial charge in [-0.25, -0.2) is 0 Å². The van der Waals surface area contributed by atoms with Crippen LogP contribution in [0, 0.1) is 0 Å². The molecule has 4 rings (SSSR count). The van der Waals surface area contributed by atoms with Crippen molar-refractivity contribution in [2.24, 2.45) is 10.2 Å². The number of fused-ring (bicyclic) bond motifs is 1. The molecule has 1 radical (unpaired) electrons. The standard InChI is InChI=1S/C30H30F3N3O4.Co/c1-5-36-26-14-13-24(39-4)18-25(26)29(2,19-20-7-6-8-23(17-20)38-3)27(36)15-16-34-35-28(37)21-9-11-22(12-10-21)40-30(31,32)33;/h6-18H,5,19H2,1-4H3,(H,35,37);/b27-15-,34-16+;. The maximum absolute atomic E-state index is 12.4. The molecule has 11 heteroatoms. The molecule has 41 heavy (non-hydrogen) atoms. The number of rotatable bonds is 9. The van der Waals surface area contributed by atoms with Crippen LogP contribution in [0.2, 0.25) is 0 Å². The van der Waals surface area contributed by atoms with E-state index in [9.17, 15) is 18.3 Å². The van der Waals surface area contributed by atoms with Gasteiger partial charge in [0, 0.05) is 45.7 Å². The molecule has 1 aliphatic heterocycles. The van der Waals surface area contributed by atoms with Gasteiger partial charge >= 0.3 is 6.36 Å². The minimum Gasteiger partial charge on any atom is -0.497 e. The summed E-state index contributed by atoms with van der Waals surface area (Å²) in [5, 5.41) is 18.1. The quantitative estimate of drug-likeness (QED) is 0.163. The third kappa shape index (κ3) is 7.22. The molecule has 0 bridgehead atoms. The van der Waals surface area contributed by atoms with E-state index >= 15 is 0 Å². The van der Waals surface area contributed by atoms with Crippen molar-refractivity contribution in [3.63, 3.8) is 0 Å². The number of allylic oxidation sites excluding steroid dienone is 2. The van der Waals surface area contributed by atoms with Crippen molar-refractivity contribution in [3.05, 3.63) is 95.2 Å². The van der Waals surface area contributed by atoms with Crippen LogP contribution >= 0.6 is 0 Å². The van der Waals surface area contributed by atoms with Crippen LogP contribution in [-0.4, -0.2) is 44.3 Å². The Kier molecular flexibility index (Phi) is 10.1. The van der Waals surface area contributed by atoms with E-state index in [4.69, 9.17) is 9.47 Å². The summed E-state index contributed by atoms with van der Waals surface area (Å²) >= 11 is 0. The number of benzene rings is 3. The molecule has 0 saturated heterocycles. The van der Waals surface area contributed by atoms with Crippen LogP contribution in [0.1, 0.15) is 30.5 Å². The molecular formula is C30H30CoF3N3O4. The van der Waals surface area contributed by atoms with Gasteiger partial charge in [-0.2, -0.15) is 5.10 Å². The number of aliphatic hydroxyl groups is 1. The molecule has 1 aliphatic rings. The monoisotopic (exact) mass is 612 g/mol. The first-order valence-electron chi connectivity index (χ1n) is 12.5. The minimum atomic E-state index is -4.80. The van der Waals surface area contributed by atoms with Crippen molar-refractivity contribution in [2.45, 2.75) is 32.0 Å². The van der Waals surface area contributed by atoms with Gasteiger partial charge in [0.25, 0.3) is 0 Å². The molecular weight excluding hydrogens is 582 g/mol. The van der Waals surface area contributed by atoms with Crippen molar-refractivity contribution in [2.75, 3.05) is 25.7 Å². The minimum absolute atomic E-state index is 0. The molecule has 0 fully saturated rings. The summed E-state index contributed by atoms with van der Waals surface area (Å²) in [5.74, 6) is 0.679. The summed E-state index contributed by atoms with van der Waals surface area (Å²) < 4.78 is 52.0. The first-order chi connectivity index (χ1) is 19.1. The van der Waals surface area contributed by atoms with Crippen LogP contribution < -0.4 is 19.1 Å². The average Bonchev–Trinajstić information content (AvgIpc) is 3.16. The van der Waals surface area contributed by atoms with Gasteiger partial charge in [-0.15, -0.1) is 18.3 Å². The number of halogens is 3. The van der Waals surface area contributed by atoms with Crippen LogP contribution in [0.15, 0.2) is 88.7 Å². The zero-order valence-corrected chi connectivity index (χ0v) is 23.9. The predicted molar refractivity (Wildman–Crippen MR) is 149 cm³/mol. The Labute approximate surface area is 247 Å². The second kappa shape index (κ2) is 13.1. The molecule has 0 amide bonds. The van der Waals surface area contributed by atoms with Crippen LogP contribution in [0.25, 0.3) is 0 Å².